The molecule has 2 N–H and O–H groups in total. The Kier molecular flexibility index (Phi) is 7.29. The first kappa shape index (κ1) is 20.4. The standard InChI is InChI=1S/C22H27N3O2/c1-15(2)19-9-7-18(8-10-19)14-23-25-22(27)12-11-21(26)24-20-13-16(3)5-6-17(20)4/h5-10,13-15H,11-12H2,1-4H3,(H,24,26)(H,25,27). The van der Waals surface area contributed by atoms with Gasteiger partial charge in [-0.05, 0) is 48.1 Å². The van der Waals surface area contributed by atoms with Crippen molar-refractivity contribution < 1.29 is 9.59 Å². The van der Waals surface area contributed by atoms with Crippen LogP contribution >= 0.6 is 0 Å². The Balaban J connectivity index is 1.76. The van der Waals surface area contributed by atoms with Crippen LogP contribution in [0.15, 0.2) is 47.6 Å². The van der Waals surface area contributed by atoms with Crippen molar-refractivity contribution in [3.8, 4) is 0 Å². The zero-order valence-corrected chi connectivity index (χ0v) is 16.4. The van der Waals surface area contributed by atoms with Gasteiger partial charge >= 0.3 is 0 Å². The van der Waals surface area contributed by atoms with E-state index < -0.39 is 0 Å². The molecule has 0 unspecified atom stereocenters. The molecule has 0 radical (unpaired) electrons. The Morgan fingerprint density at radius 3 is 2.33 bits per heavy atom. The zero-order valence-electron chi connectivity index (χ0n) is 16.4. The van der Waals surface area contributed by atoms with Crippen LogP contribution in [0.5, 0.6) is 0 Å². The van der Waals surface area contributed by atoms with Crippen LogP contribution in [-0.4, -0.2) is 18.0 Å². The third-order valence-corrected chi connectivity index (χ3v) is 4.25. The first-order valence-electron chi connectivity index (χ1n) is 9.14. The maximum atomic E-state index is 12.0. The van der Waals surface area contributed by atoms with Crippen molar-refractivity contribution in [3.05, 3.63) is 64.7 Å². The summed E-state index contributed by atoms with van der Waals surface area (Å²) in [5.74, 6) is -0.00121. The smallest absolute Gasteiger partial charge is 0.240 e. The van der Waals surface area contributed by atoms with Gasteiger partial charge in [-0.3, -0.25) is 9.59 Å². The van der Waals surface area contributed by atoms with Crippen LogP contribution in [0.2, 0.25) is 0 Å². The Morgan fingerprint density at radius 2 is 1.67 bits per heavy atom. The van der Waals surface area contributed by atoms with Crippen LogP contribution in [0.4, 0.5) is 5.69 Å². The highest BCUT2D eigenvalue weighted by Gasteiger charge is 2.08. The summed E-state index contributed by atoms with van der Waals surface area (Å²) < 4.78 is 0. The molecule has 0 bridgehead atoms. The van der Waals surface area contributed by atoms with Gasteiger partial charge in [-0.25, -0.2) is 5.43 Å². The van der Waals surface area contributed by atoms with Gasteiger partial charge in [-0.1, -0.05) is 50.2 Å². The number of nitrogens with one attached hydrogen (secondary N) is 2. The van der Waals surface area contributed by atoms with Gasteiger partial charge in [0.1, 0.15) is 0 Å². The molecular formula is C22H27N3O2. The van der Waals surface area contributed by atoms with Crippen molar-refractivity contribution in [3.63, 3.8) is 0 Å². The van der Waals surface area contributed by atoms with Crippen LogP contribution in [0.1, 0.15) is 54.9 Å². The number of hydrazone groups is 1. The number of nitrogens with zero attached hydrogens (tertiary/aromatic N) is 1. The Hall–Kier alpha value is -2.95. The summed E-state index contributed by atoms with van der Waals surface area (Å²) in [6.07, 6.45) is 1.79. The molecule has 142 valence electrons. The number of hydrogen-bond acceptors (Lipinski definition) is 3. The summed E-state index contributed by atoms with van der Waals surface area (Å²) in [5, 5.41) is 6.79. The van der Waals surface area contributed by atoms with Gasteiger partial charge in [-0.2, -0.15) is 5.10 Å². The summed E-state index contributed by atoms with van der Waals surface area (Å²) in [5.41, 5.74) is 7.47. The van der Waals surface area contributed by atoms with E-state index in [9.17, 15) is 9.59 Å². The molecule has 0 aromatic heterocycles. The van der Waals surface area contributed by atoms with Gasteiger partial charge in [0.15, 0.2) is 0 Å². The van der Waals surface area contributed by atoms with E-state index in [2.05, 4.69) is 29.7 Å². The van der Waals surface area contributed by atoms with Crippen LogP contribution in [0, 0.1) is 13.8 Å². The van der Waals surface area contributed by atoms with Crippen molar-refractivity contribution >= 4 is 23.7 Å². The van der Waals surface area contributed by atoms with E-state index in [4.69, 9.17) is 0 Å². The molecule has 5 heteroatoms. The molecule has 0 aliphatic heterocycles. The third-order valence-electron chi connectivity index (χ3n) is 4.25. The fourth-order valence-corrected chi connectivity index (χ4v) is 2.51. The minimum atomic E-state index is -0.291. The lowest BCUT2D eigenvalue weighted by atomic mass is 10.0. The number of anilines is 1. The highest BCUT2D eigenvalue weighted by molar-refractivity contribution is 5.94. The van der Waals surface area contributed by atoms with Gasteiger partial charge in [0.05, 0.1) is 6.21 Å². The second kappa shape index (κ2) is 9.67. The molecule has 0 fully saturated rings. The number of carbonyl (C=O) groups is 2. The predicted molar refractivity (Wildman–Crippen MR) is 110 cm³/mol. The fraction of sp³-hybridized carbons (Fsp3) is 0.318. The minimum Gasteiger partial charge on any atom is -0.326 e. The molecule has 0 saturated carbocycles. The topological polar surface area (TPSA) is 70.6 Å². The molecular weight excluding hydrogens is 338 g/mol. The molecule has 2 amide bonds. The normalized spacial score (nSPS) is 11.0. The molecule has 0 saturated heterocycles. The van der Waals surface area contributed by atoms with Crippen LogP contribution < -0.4 is 10.7 Å². The van der Waals surface area contributed by atoms with Crippen LogP contribution in [0.25, 0.3) is 0 Å². The summed E-state index contributed by atoms with van der Waals surface area (Å²) in [6, 6.07) is 13.9. The summed E-state index contributed by atoms with van der Waals surface area (Å²) >= 11 is 0. The first-order valence-corrected chi connectivity index (χ1v) is 9.14. The predicted octanol–water partition coefficient (Wildman–Crippen LogP) is 4.30. The van der Waals surface area contributed by atoms with E-state index in [-0.39, 0.29) is 24.7 Å². The number of carbonyl (C=O) groups excluding carboxylic acids is 2. The van der Waals surface area contributed by atoms with Crippen molar-refractivity contribution in [2.45, 2.75) is 46.5 Å². The summed E-state index contributed by atoms with van der Waals surface area (Å²) in [7, 11) is 0. The molecule has 2 rings (SSSR count). The van der Waals surface area contributed by atoms with Crippen molar-refractivity contribution in [2.75, 3.05) is 5.32 Å². The zero-order chi connectivity index (χ0) is 19.8. The summed E-state index contributed by atoms with van der Waals surface area (Å²) in [4.78, 5) is 23.9. The Morgan fingerprint density at radius 1 is 1.00 bits per heavy atom. The lowest BCUT2D eigenvalue weighted by Crippen LogP contribution is -2.20. The van der Waals surface area contributed by atoms with Crippen LogP contribution in [-0.2, 0) is 9.59 Å². The first-order chi connectivity index (χ1) is 12.8. The maximum Gasteiger partial charge on any atom is 0.240 e. The van der Waals surface area contributed by atoms with Gasteiger partial charge in [-0.15, -0.1) is 0 Å². The van der Waals surface area contributed by atoms with E-state index in [1.807, 2.05) is 56.3 Å². The largest absolute Gasteiger partial charge is 0.326 e. The van der Waals surface area contributed by atoms with Crippen molar-refractivity contribution in [1.82, 2.24) is 5.43 Å². The SMILES string of the molecule is Cc1ccc(C)c(NC(=O)CCC(=O)NN=Cc2ccc(C(C)C)cc2)c1. The summed E-state index contributed by atoms with van der Waals surface area (Å²) in [6.45, 7) is 8.18. The lowest BCUT2D eigenvalue weighted by molar-refractivity contribution is -0.124. The number of benzene rings is 2. The second-order valence-electron chi connectivity index (χ2n) is 6.98. The van der Waals surface area contributed by atoms with Gasteiger partial charge in [0.25, 0.3) is 0 Å². The van der Waals surface area contributed by atoms with E-state index >= 15 is 0 Å². The lowest BCUT2D eigenvalue weighted by Gasteiger charge is -2.09. The Labute approximate surface area is 160 Å². The number of rotatable bonds is 7. The number of hydrogen-bond donors (Lipinski definition) is 2. The van der Waals surface area contributed by atoms with Gasteiger partial charge in [0, 0.05) is 18.5 Å². The van der Waals surface area contributed by atoms with Crippen molar-refractivity contribution in [1.29, 1.82) is 0 Å². The van der Waals surface area contributed by atoms with Gasteiger partial charge < -0.3 is 5.32 Å². The Bertz CT molecular complexity index is 824. The minimum absolute atomic E-state index is 0.0837. The molecule has 0 aliphatic rings. The number of amides is 2. The average molecular weight is 365 g/mol. The molecule has 0 spiro atoms. The molecule has 0 heterocycles. The third kappa shape index (κ3) is 6.70. The quantitative estimate of drug-likeness (QED) is 0.567. The molecule has 2 aromatic rings. The molecule has 0 atom stereocenters. The van der Waals surface area contributed by atoms with Crippen LogP contribution in [0.3, 0.4) is 0 Å². The van der Waals surface area contributed by atoms with E-state index in [1.54, 1.807) is 6.21 Å². The number of aryl methyl sites for hydroxylation is 2. The van der Waals surface area contributed by atoms with E-state index in [1.165, 1.54) is 5.56 Å². The molecule has 27 heavy (non-hydrogen) atoms. The second-order valence-corrected chi connectivity index (χ2v) is 6.98. The molecule has 0 aliphatic carbocycles. The van der Waals surface area contributed by atoms with E-state index in [0.29, 0.717) is 5.92 Å². The molecule has 2 aromatic carbocycles. The average Bonchev–Trinajstić information content (AvgIpc) is 2.63. The van der Waals surface area contributed by atoms with Crippen molar-refractivity contribution in [2.24, 2.45) is 5.10 Å². The monoisotopic (exact) mass is 365 g/mol. The van der Waals surface area contributed by atoms with Gasteiger partial charge in [0.2, 0.25) is 11.8 Å². The highest BCUT2D eigenvalue weighted by atomic mass is 16.2. The maximum absolute atomic E-state index is 12.0. The fourth-order valence-electron chi connectivity index (χ4n) is 2.51. The van der Waals surface area contributed by atoms with E-state index in [0.717, 1.165) is 22.4 Å². The molecule has 5 nitrogen and oxygen atoms in total. The highest BCUT2D eigenvalue weighted by Crippen LogP contribution is 2.16.